The van der Waals surface area contributed by atoms with Crippen LogP contribution in [0.25, 0.3) is 0 Å². The smallest absolute Gasteiger partial charge is 0.126 e. The van der Waals surface area contributed by atoms with E-state index in [0.717, 1.165) is 29.9 Å². The average molecular weight is 190 g/mol. The third kappa shape index (κ3) is 1.80. The fourth-order valence-electron chi connectivity index (χ4n) is 1.63. The largest absolute Gasteiger partial charge is 0.462 e. The predicted octanol–water partition coefficient (Wildman–Crippen LogP) is 2.49. The van der Waals surface area contributed by atoms with Crippen molar-refractivity contribution in [1.29, 1.82) is 0 Å². The van der Waals surface area contributed by atoms with E-state index in [1.165, 1.54) is 0 Å². The van der Waals surface area contributed by atoms with Crippen LogP contribution in [0.1, 0.15) is 19.8 Å². The van der Waals surface area contributed by atoms with Gasteiger partial charge in [-0.1, -0.05) is 18.2 Å². The molecule has 14 heavy (non-hydrogen) atoms. The lowest BCUT2D eigenvalue weighted by atomic mass is 10.2. The number of benzene rings is 1. The molecular formula is C12H14O2. The lowest BCUT2D eigenvalue weighted by Gasteiger charge is -2.07. The zero-order valence-corrected chi connectivity index (χ0v) is 8.23. The standard InChI is InChI=1S/C12H14O2/c1-9-11(13)7-8-12(9)14-10-5-3-2-4-6-10/h2-6,11,13H,7-8H2,1H3. The van der Waals surface area contributed by atoms with Gasteiger partial charge in [0.2, 0.25) is 0 Å². The molecule has 0 bridgehead atoms. The molecule has 1 aliphatic rings. The van der Waals surface area contributed by atoms with E-state index >= 15 is 0 Å². The van der Waals surface area contributed by atoms with Gasteiger partial charge in [0, 0.05) is 6.42 Å². The van der Waals surface area contributed by atoms with Crippen molar-refractivity contribution in [1.82, 2.24) is 0 Å². The van der Waals surface area contributed by atoms with E-state index in [1.807, 2.05) is 37.3 Å². The first-order valence-electron chi connectivity index (χ1n) is 4.88. The van der Waals surface area contributed by atoms with Crippen molar-refractivity contribution in [3.8, 4) is 5.75 Å². The normalized spacial score (nSPS) is 21.4. The van der Waals surface area contributed by atoms with Crippen LogP contribution in [0.5, 0.6) is 5.75 Å². The molecule has 1 aromatic carbocycles. The number of allylic oxidation sites excluding steroid dienone is 1. The highest BCUT2D eigenvalue weighted by atomic mass is 16.5. The van der Waals surface area contributed by atoms with Gasteiger partial charge in [-0.2, -0.15) is 0 Å². The van der Waals surface area contributed by atoms with E-state index in [4.69, 9.17) is 4.74 Å². The highest BCUT2D eigenvalue weighted by molar-refractivity contribution is 5.27. The molecule has 1 unspecified atom stereocenters. The van der Waals surface area contributed by atoms with Crippen LogP contribution in [-0.2, 0) is 0 Å². The third-order valence-electron chi connectivity index (χ3n) is 2.57. The van der Waals surface area contributed by atoms with Gasteiger partial charge < -0.3 is 9.84 Å². The fraction of sp³-hybridized carbons (Fsp3) is 0.333. The van der Waals surface area contributed by atoms with E-state index in [2.05, 4.69) is 0 Å². The van der Waals surface area contributed by atoms with Crippen molar-refractivity contribution >= 4 is 0 Å². The molecule has 0 radical (unpaired) electrons. The first kappa shape index (κ1) is 9.28. The molecule has 0 saturated heterocycles. The maximum atomic E-state index is 9.51. The Hall–Kier alpha value is -1.28. The quantitative estimate of drug-likeness (QED) is 0.776. The summed E-state index contributed by atoms with van der Waals surface area (Å²) in [7, 11) is 0. The highest BCUT2D eigenvalue weighted by Gasteiger charge is 2.21. The molecule has 74 valence electrons. The molecule has 1 atom stereocenters. The van der Waals surface area contributed by atoms with E-state index in [-0.39, 0.29) is 6.10 Å². The second-order valence-corrected chi connectivity index (χ2v) is 3.58. The van der Waals surface area contributed by atoms with Gasteiger partial charge in [-0.15, -0.1) is 0 Å². The van der Waals surface area contributed by atoms with E-state index in [0.29, 0.717) is 0 Å². The number of aliphatic hydroxyl groups is 1. The summed E-state index contributed by atoms with van der Waals surface area (Å²) in [5.41, 5.74) is 0.967. The Bertz CT molecular complexity index is 341. The van der Waals surface area contributed by atoms with Crippen LogP contribution < -0.4 is 4.74 Å². The van der Waals surface area contributed by atoms with Crippen LogP contribution in [0.4, 0.5) is 0 Å². The van der Waals surface area contributed by atoms with Gasteiger partial charge in [0.05, 0.1) is 6.10 Å². The van der Waals surface area contributed by atoms with Gasteiger partial charge in [-0.05, 0) is 31.1 Å². The molecule has 1 N–H and O–H groups in total. The van der Waals surface area contributed by atoms with Crippen LogP contribution in [0.15, 0.2) is 41.7 Å². The molecule has 0 fully saturated rings. The minimum atomic E-state index is -0.311. The summed E-state index contributed by atoms with van der Waals surface area (Å²) in [6, 6.07) is 9.68. The Balaban J connectivity index is 2.13. The average Bonchev–Trinajstić information content (AvgIpc) is 2.52. The number of aliphatic hydroxyl groups excluding tert-OH is 1. The van der Waals surface area contributed by atoms with Gasteiger partial charge in [-0.25, -0.2) is 0 Å². The van der Waals surface area contributed by atoms with E-state index < -0.39 is 0 Å². The molecule has 0 saturated carbocycles. The van der Waals surface area contributed by atoms with Gasteiger partial charge in [-0.3, -0.25) is 0 Å². The molecule has 0 amide bonds. The second kappa shape index (κ2) is 3.84. The topological polar surface area (TPSA) is 29.5 Å². The summed E-state index contributed by atoms with van der Waals surface area (Å²) < 4.78 is 5.68. The number of ether oxygens (including phenoxy) is 1. The molecule has 0 spiro atoms. The Morgan fingerprint density at radius 3 is 2.57 bits per heavy atom. The van der Waals surface area contributed by atoms with Crippen LogP contribution in [0, 0.1) is 0 Å². The summed E-state index contributed by atoms with van der Waals surface area (Å²) in [6.45, 7) is 1.93. The summed E-state index contributed by atoms with van der Waals surface area (Å²) in [4.78, 5) is 0. The molecule has 2 nitrogen and oxygen atoms in total. The lowest BCUT2D eigenvalue weighted by Crippen LogP contribution is -2.02. The summed E-state index contributed by atoms with van der Waals surface area (Å²) in [5.74, 6) is 1.76. The first-order chi connectivity index (χ1) is 6.77. The van der Waals surface area contributed by atoms with Crippen molar-refractivity contribution in [2.24, 2.45) is 0 Å². The molecule has 1 aliphatic carbocycles. The number of hydrogen-bond acceptors (Lipinski definition) is 2. The maximum absolute atomic E-state index is 9.51. The fourth-order valence-corrected chi connectivity index (χ4v) is 1.63. The van der Waals surface area contributed by atoms with Crippen LogP contribution in [0.2, 0.25) is 0 Å². The monoisotopic (exact) mass is 190 g/mol. The van der Waals surface area contributed by atoms with Crippen LogP contribution in [-0.4, -0.2) is 11.2 Å². The van der Waals surface area contributed by atoms with E-state index in [9.17, 15) is 5.11 Å². The molecule has 0 aromatic heterocycles. The molecule has 2 rings (SSSR count). The maximum Gasteiger partial charge on any atom is 0.126 e. The Morgan fingerprint density at radius 1 is 1.29 bits per heavy atom. The summed E-state index contributed by atoms with van der Waals surface area (Å²) in [6.07, 6.45) is 1.31. The zero-order valence-electron chi connectivity index (χ0n) is 8.23. The number of hydrogen-bond donors (Lipinski definition) is 1. The summed E-state index contributed by atoms with van der Waals surface area (Å²) in [5, 5.41) is 9.51. The number of rotatable bonds is 2. The minimum Gasteiger partial charge on any atom is -0.462 e. The lowest BCUT2D eigenvalue weighted by molar-refractivity contribution is 0.212. The zero-order chi connectivity index (χ0) is 9.97. The third-order valence-corrected chi connectivity index (χ3v) is 2.57. The van der Waals surface area contributed by atoms with Gasteiger partial charge in [0.15, 0.2) is 0 Å². The minimum absolute atomic E-state index is 0.311. The first-order valence-corrected chi connectivity index (χ1v) is 4.88. The molecule has 2 heteroatoms. The van der Waals surface area contributed by atoms with Crippen molar-refractivity contribution in [3.63, 3.8) is 0 Å². The van der Waals surface area contributed by atoms with Gasteiger partial charge in [0.25, 0.3) is 0 Å². The van der Waals surface area contributed by atoms with Crippen molar-refractivity contribution in [3.05, 3.63) is 41.7 Å². The Kier molecular flexibility index (Phi) is 2.55. The van der Waals surface area contributed by atoms with Crippen LogP contribution >= 0.6 is 0 Å². The predicted molar refractivity (Wildman–Crippen MR) is 55.0 cm³/mol. The Morgan fingerprint density at radius 2 is 2.00 bits per heavy atom. The van der Waals surface area contributed by atoms with Crippen molar-refractivity contribution in [2.75, 3.05) is 0 Å². The SMILES string of the molecule is CC1=C(Oc2ccccc2)CCC1O. The Labute approximate surface area is 83.8 Å². The highest BCUT2D eigenvalue weighted by Crippen LogP contribution is 2.28. The van der Waals surface area contributed by atoms with Gasteiger partial charge in [0.1, 0.15) is 11.5 Å². The van der Waals surface area contributed by atoms with Crippen LogP contribution in [0.3, 0.4) is 0 Å². The van der Waals surface area contributed by atoms with Crippen molar-refractivity contribution in [2.45, 2.75) is 25.9 Å². The molecule has 0 heterocycles. The van der Waals surface area contributed by atoms with Gasteiger partial charge >= 0.3 is 0 Å². The molecular weight excluding hydrogens is 176 g/mol. The second-order valence-electron chi connectivity index (χ2n) is 3.58. The summed E-state index contributed by atoms with van der Waals surface area (Å²) >= 11 is 0. The number of para-hydroxylation sites is 1. The molecule has 0 aliphatic heterocycles. The molecule has 1 aromatic rings. The van der Waals surface area contributed by atoms with E-state index in [1.54, 1.807) is 0 Å². The van der Waals surface area contributed by atoms with Crippen molar-refractivity contribution < 1.29 is 9.84 Å².